The monoisotopic (exact) mass is 398 g/mol. The number of benzene rings is 2. The van der Waals surface area contributed by atoms with E-state index >= 15 is 0 Å². The van der Waals surface area contributed by atoms with E-state index in [2.05, 4.69) is 0 Å². The molecule has 4 rings (SSSR count). The van der Waals surface area contributed by atoms with Crippen molar-refractivity contribution in [1.29, 1.82) is 0 Å². The predicted molar refractivity (Wildman–Crippen MR) is 106 cm³/mol. The molecule has 0 spiro atoms. The Kier molecular flexibility index (Phi) is 4.64. The van der Waals surface area contributed by atoms with Gasteiger partial charge in [0.15, 0.2) is 0 Å². The summed E-state index contributed by atoms with van der Waals surface area (Å²) < 4.78 is 0. The molecule has 3 aromatic rings. The third-order valence-electron chi connectivity index (χ3n) is 4.76. The van der Waals surface area contributed by atoms with E-state index in [-0.39, 0.29) is 5.56 Å². The maximum Gasteiger partial charge on any atom is 0.106 e. The molecule has 2 aromatic carbocycles. The standard InChI is InChI=1S/C21H16Cl2N2O2/c1-25-10-13(8-12-6-7-16(22)17(23)9-12)20-15(11-25)19(21(26)27)14-4-2-3-5-18(14)24-20/h2-9H,10-11H2,1H3,(H,26,27)/b13-8+. The number of hydrogen-bond donors (Lipinski definition) is 1. The van der Waals surface area contributed by atoms with Crippen LogP contribution in [-0.2, 0) is 6.54 Å². The van der Waals surface area contributed by atoms with Crippen molar-refractivity contribution in [2.75, 3.05) is 13.6 Å². The van der Waals surface area contributed by atoms with Gasteiger partial charge in [0, 0.05) is 22.1 Å². The maximum absolute atomic E-state index is 11.9. The highest BCUT2D eigenvalue weighted by Gasteiger charge is 2.27. The molecule has 0 amide bonds. The number of nitrogens with zero attached hydrogens (tertiary/aromatic N) is 1. The van der Waals surface area contributed by atoms with Crippen molar-refractivity contribution in [2.24, 2.45) is 0 Å². The molecule has 27 heavy (non-hydrogen) atoms. The van der Waals surface area contributed by atoms with E-state index in [0.717, 1.165) is 17.7 Å². The second-order valence-electron chi connectivity index (χ2n) is 6.77. The van der Waals surface area contributed by atoms with Crippen LogP contribution >= 0.6 is 23.2 Å². The Bertz CT molecular complexity index is 1110. The Hall–Kier alpha value is -2.40. The van der Waals surface area contributed by atoms with Gasteiger partial charge in [-0.15, -0.1) is 0 Å². The van der Waals surface area contributed by atoms with Crippen LogP contribution in [0.5, 0.6) is 0 Å². The van der Waals surface area contributed by atoms with Gasteiger partial charge in [-0.25, -0.2) is 4.98 Å². The van der Waals surface area contributed by atoms with Crippen LogP contribution in [0.4, 0.5) is 0 Å². The molecule has 0 saturated heterocycles. The van der Waals surface area contributed by atoms with Crippen LogP contribution < -0.4 is 10.0 Å². The summed E-state index contributed by atoms with van der Waals surface area (Å²) in [6.45, 7) is 1.31. The molecule has 1 atom stereocenters. The van der Waals surface area contributed by atoms with Crippen molar-refractivity contribution in [3.05, 3.63) is 74.9 Å². The van der Waals surface area contributed by atoms with Crippen molar-refractivity contribution in [3.63, 3.8) is 0 Å². The number of carbonyl (C=O) groups excluding carboxylic acids is 1. The zero-order valence-corrected chi connectivity index (χ0v) is 16.1. The van der Waals surface area contributed by atoms with Gasteiger partial charge in [0.25, 0.3) is 0 Å². The predicted octanol–water partition coefficient (Wildman–Crippen LogP) is 2.47. The summed E-state index contributed by atoms with van der Waals surface area (Å²) in [6, 6.07) is 12.7. The number of para-hydroxylation sites is 1. The molecule has 6 heteroatoms. The topological polar surface area (TPSA) is 57.5 Å². The zero-order chi connectivity index (χ0) is 19.1. The minimum Gasteiger partial charge on any atom is -0.545 e. The largest absolute Gasteiger partial charge is 0.545 e. The van der Waals surface area contributed by atoms with Crippen molar-refractivity contribution >= 4 is 51.7 Å². The average Bonchev–Trinajstić information content (AvgIpc) is 2.63. The Labute approximate surface area is 166 Å². The van der Waals surface area contributed by atoms with Crippen LogP contribution in [0, 0.1) is 0 Å². The van der Waals surface area contributed by atoms with Gasteiger partial charge in [0.05, 0.1) is 34.3 Å². The average molecular weight is 399 g/mol. The van der Waals surface area contributed by atoms with Gasteiger partial charge >= 0.3 is 0 Å². The summed E-state index contributed by atoms with van der Waals surface area (Å²) in [5.41, 5.74) is 4.16. The lowest BCUT2D eigenvalue weighted by Gasteiger charge is -2.27. The van der Waals surface area contributed by atoms with Gasteiger partial charge in [-0.2, -0.15) is 0 Å². The number of hydrogen-bond acceptors (Lipinski definition) is 3. The summed E-state index contributed by atoms with van der Waals surface area (Å²) in [7, 11) is 2.03. The van der Waals surface area contributed by atoms with E-state index in [1.165, 1.54) is 4.90 Å². The van der Waals surface area contributed by atoms with E-state index < -0.39 is 5.97 Å². The Morgan fingerprint density at radius 2 is 1.93 bits per heavy atom. The van der Waals surface area contributed by atoms with Crippen LogP contribution in [0.2, 0.25) is 10.0 Å². The minimum atomic E-state index is -1.17. The van der Waals surface area contributed by atoms with Gasteiger partial charge in [-0.3, -0.25) is 0 Å². The first-order valence-corrected chi connectivity index (χ1v) is 9.30. The molecule has 1 N–H and O–H groups in total. The molecule has 1 aliphatic rings. The number of aromatic carboxylic acids is 1. The number of carboxylic acid groups (broad SMARTS) is 1. The molecule has 0 saturated carbocycles. The smallest absolute Gasteiger partial charge is 0.106 e. The van der Waals surface area contributed by atoms with Crippen LogP contribution in [0.3, 0.4) is 0 Å². The molecule has 1 aromatic heterocycles. The second kappa shape index (κ2) is 6.97. The highest BCUT2D eigenvalue weighted by atomic mass is 35.5. The lowest BCUT2D eigenvalue weighted by molar-refractivity contribution is -0.887. The summed E-state index contributed by atoms with van der Waals surface area (Å²) in [5.74, 6) is -1.17. The molecule has 4 nitrogen and oxygen atoms in total. The van der Waals surface area contributed by atoms with Crippen LogP contribution in [0.1, 0.15) is 27.2 Å². The fraction of sp³-hybridized carbons (Fsp3) is 0.143. The van der Waals surface area contributed by atoms with Gasteiger partial charge in [0.2, 0.25) is 0 Å². The Balaban J connectivity index is 1.97. The number of halogens is 2. The zero-order valence-electron chi connectivity index (χ0n) is 14.6. The molecule has 1 aliphatic heterocycles. The van der Waals surface area contributed by atoms with Crippen LogP contribution in [0.25, 0.3) is 22.6 Å². The van der Waals surface area contributed by atoms with E-state index in [1.54, 1.807) is 18.2 Å². The third kappa shape index (κ3) is 3.32. The molecular weight excluding hydrogens is 383 g/mol. The number of nitrogens with one attached hydrogen (secondary N) is 1. The number of rotatable bonds is 2. The SMILES string of the molecule is C[NH+]1C/C(=C\c2ccc(Cl)c(Cl)c2)c2nc3ccccc3c(C(=O)[O-])c2C1. The fourth-order valence-corrected chi connectivity index (χ4v) is 3.92. The second-order valence-corrected chi connectivity index (χ2v) is 7.59. The van der Waals surface area contributed by atoms with E-state index in [4.69, 9.17) is 28.2 Å². The highest BCUT2D eigenvalue weighted by molar-refractivity contribution is 6.42. The van der Waals surface area contributed by atoms with Gasteiger partial charge in [-0.05, 0) is 29.8 Å². The van der Waals surface area contributed by atoms with Gasteiger partial charge in [-0.1, -0.05) is 47.5 Å². The maximum atomic E-state index is 11.9. The van der Waals surface area contributed by atoms with Crippen LogP contribution in [-0.4, -0.2) is 24.5 Å². The number of likely N-dealkylation sites (N-methyl/N-ethyl adjacent to an activating group) is 1. The Morgan fingerprint density at radius 1 is 1.15 bits per heavy atom. The normalized spacial score (nSPS) is 17.9. The first-order valence-electron chi connectivity index (χ1n) is 8.54. The van der Waals surface area contributed by atoms with Crippen molar-refractivity contribution in [2.45, 2.75) is 6.54 Å². The van der Waals surface area contributed by atoms with E-state index in [0.29, 0.717) is 38.8 Å². The summed E-state index contributed by atoms with van der Waals surface area (Å²) in [5, 5.41) is 13.5. The van der Waals surface area contributed by atoms with Gasteiger partial charge < -0.3 is 14.8 Å². The van der Waals surface area contributed by atoms with E-state index in [1.807, 2.05) is 37.4 Å². The number of fused-ring (bicyclic) bond motifs is 2. The lowest BCUT2D eigenvalue weighted by atomic mass is 9.92. The molecule has 0 fully saturated rings. The quantitative estimate of drug-likeness (QED) is 0.721. The molecular formula is C21H16Cl2N2O2. The highest BCUT2D eigenvalue weighted by Crippen LogP contribution is 2.30. The molecule has 2 heterocycles. The molecule has 0 aliphatic carbocycles. The Morgan fingerprint density at radius 3 is 2.67 bits per heavy atom. The summed E-state index contributed by atoms with van der Waals surface area (Å²) in [4.78, 5) is 17.9. The first-order chi connectivity index (χ1) is 12.9. The number of pyridine rings is 1. The fourth-order valence-electron chi connectivity index (χ4n) is 3.62. The van der Waals surface area contributed by atoms with Crippen molar-refractivity contribution in [1.82, 2.24) is 4.98 Å². The summed E-state index contributed by atoms with van der Waals surface area (Å²) >= 11 is 12.1. The molecule has 0 radical (unpaired) electrons. The molecule has 0 bridgehead atoms. The molecule has 1 unspecified atom stereocenters. The van der Waals surface area contributed by atoms with E-state index in [9.17, 15) is 9.90 Å². The number of aromatic nitrogens is 1. The van der Waals surface area contributed by atoms with Crippen LogP contribution in [0.15, 0.2) is 42.5 Å². The summed E-state index contributed by atoms with van der Waals surface area (Å²) in [6.07, 6.45) is 1.99. The number of quaternary nitrogens is 1. The van der Waals surface area contributed by atoms with Gasteiger partial charge in [0.1, 0.15) is 13.1 Å². The molecule has 136 valence electrons. The lowest BCUT2D eigenvalue weighted by Crippen LogP contribution is -3.08. The first kappa shape index (κ1) is 18.0. The number of carboxylic acids is 1. The van der Waals surface area contributed by atoms with Crippen molar-refractivity contribution < 1.29 is 14.8 Å². The third-order valence-corrected chi connectivity index (χ3v) is 5.50. The number of carbonyl (C=O) groups is 1. The van der Waals surface area contributed by atoms with Crippen molar-refractivity contribution in [3.8, 4) is 0 Å². The minimum absolute atomic E-state index is 0.231.